The van der Waals surface area contributed by atoms with Gasteiger partial charge in [-0.3, -0.25) is 9.59 Å². The number of ketones is 2. The zero-order valence-electron chi connectivity index (χ0n) is 16.0. The van der Waals surface area contributed by atoms with Crippen LogP contribution in [0.15, 0.2) is 78.9 Å². The SMILES string of the molecule is COc1ccc(C(=O)C[n+]2nn(CC(=O)c3ccccc3)c3ccccc32)cc1. The first kappa shape index (κ1) is 18.6. The molecule has 0 atom stereocenters. The first-order valence-electron chi connectivity index (χ1n) is 9.27. The maximum atomic E-state index is 12.7. The van der Waals surface area contributed by atoms with Gasteiger partial charge in [0.1, 0.15) is 5.75 Å². The number of ether oxygens (including phenoxy) is 1. The number of aromatic nitrogens is 3. The second kappa shape index (κ2) is 8.06. The molecule has 0 saturated heterocycles. The Bertz CT molecular complexity index is 1170. The van der Waals surface area contributed by atoms with Crippen LogP contribution in [0.3, 0.4) is 0 Å². The van der Waals surface area contributed by atoms with Crippen molar-refractivity contribution >= 4 is 22.6 Å². The second-order valence-electron chi connectivity index (χ2n) is 6.63. The number of nitrogens with zero attached hydrogens (tertiary/aromatic N) is 3. The summed E-state index contributed by atoms with van der Waals surface area (Å²) in [5.41, 5.74) is 2.82. The van der Waals surface area contributed by atoms with Gasteiger partial charge in [0, 0.05) is 11.1 Å². The number of para-hydroxylation sites is 2. The summed E-state index contributed by atoms with van der Waals surface area (Å²) in [5, 5.41) is 4.52. The lowest BCUT2D eigenvalue weighted by Crippen LogP contribution is -2.41. The minimum absolute atomic E-state index is 0.0347. The Morgan fingerprint density at radius 3 is 2.24 bits per heavy atom. The maximum absolute atomic E-state index is 12.7. The molecule has 0 fully saturated rings. The predicted molar refractivity (Wildman–Crippen MR) is 108 cm³/mol. The van der Waals surface area contributed by atoms with Crippen LogP contribution in [0.1, 0.15) is 20.7 Å². The molecule has 0 N–H and O–H groups in total. The Balaban J connectivity index is 1.61. The van der Waals surface area contributed by atoms with E-state index >= 15 is 0 Å². The van der Waals surface area contributed by atoms with Crippen molar-refractivity contribution in [1.82, 2.24) is 9.90 Å². The fraction of sp³-hybridized carbons (Fsp3) is 0.130. The molecule has 0 radical (unpaired) electrons. The summed E-state index contributed by atoms with van der Waals surface area (Å²) < 4.78 is 8.42. The van der Waals surface area contributed by atoms with Crippen molar-refractivity contribution in [3.05, 3.63) is 90.0 Å². The number of hydrogen-bond donors (Lipinski definition) is 0. The highest BCUT2D eigenvalue weighted by molar-refractivity contribution is 5.96. The van der Waals surface area contributed by atoms with Crippen molar-refractivity contribution in [1.29, 1.82) is 0 Å². The molecule has 0 aliphatic carbocycles. The van der Waals surface area contributed by atoms with E-state index in [1.807, 2.05) is 42.5 Å². The predicted octanol–water partition coefficient (Wildman–Crippen LogP) is 3.10. The zero-order chi connectivity index (χ0) is 20.2. The van der Waals surface area contributed by atoms with Gasteiger partial charge in [-0.05, 0) is 36.4 Å². The molecule has 0 amide bonds. The molecule has 6 heteroatoms. The van der Waals surface area contributed by atoms with Crippen LogP contribution in [0, 0.1) is 0 Å². The van der Waals surface area contributed by atoms with Gasteiger partial charge in [0.15, 0.2) is 24.1 Å². The van der Waals surface area contributed by atoms with Crippen molar-refractivity contribution in [2.24, 2.45) is 0 Å². The van der Waals surface area contributed by atoms with Crippen LogP contribution in [0.25, 0.3) is 11.0 Å². The Kier molecular flexibility index (Phi) is 5.16. The van der Waals surface area contributed by atoms with Crippen LogP contribution in [0.4, 0.5) is 0 Å². The maximum Gasteiger partial charge on any atom is 0.206 e. The van der Waals surface area contributed by atoms with Crippen LogP contribution in [0.2, 0.25) is 0 Å². The van der Waals surface area contributed by atoms with Gasteiger partial charge >= 0.3 is 0 Å². The quantitative estimate of drug-likeness (QED) is 0.362. The number of methoxy groups -OCH3 is 1. The average molecular weight is 386 g/mol. The number of hydrogen-bond acceptors (Lipinski definition) is 4. The van der Waals surface area contributed by atoms with Gasteiger partial charge in [0.25, 0.3) is 0 Å². The van der Waals surface area contributed by atoms with Crippen LogP contribution in [-0.4, -0.2) is 28.6 Å². The van der Waals surface area contributed by atoms with Gasteiger partial charge in [-0.1, -0.05) is 42.5 Å². The molecular formula is C23H20N3O3+. The average Bonchev–Trinajstić information content (AvgIpc) is 3.11. The number of rotatable bonds is 7. The standard InChI is InChI=1S/C23H20N3O3/c1-29-19-13-11-18(12-14-19)23(28)16-26-21-10-6-5-9-20(21)25(24-26)15-22(27)17-7-3-2-4-8-17/h2-14H,15-16H2,1H3/q+1. The Morgan fingerprint density at radius 2 is 1.52 bits per heavy atom. The highest BCUT2D eigenvalue weighted by Gasteiger charge is 2.22. The molecule has 6 nitrogen and oxygen atoms in total. The third-order valence-electron chi connectivity index (χ3n) is 4.75. The van der Waals surface area contributed by atoms with Gasteiger partial charge in [-0.25, -0.2) is 0 Å². The summed E-state index contributed by atoms with van der Waals surface area (Å²) in [6.07, 6.45) is 0. The van der Waals surface area contributed by atoms with Gasteiger partial charge in [0.05, 0.1) is 12.3 Å². The van der Waals surface area contributed by atoms with Crippen LogP contribution < -0.4 is 9.42 Å². The van der Waals surface area contributed by atoms with Gasteiger partial charge in [-0.2, -0.15) is 0 Å². The van der Waals surface area contributed by atoms with E-state index in [1.54, 1.807) is 52.9 Å². The van der Waals surface area contributed by atoms with Crippen molar-refractivity contribution in [2.75, 3.05) is 7.11 Å². The van der Waals surface area contributed by atoms with Crippen molar-refractivity contribution in [3.8, 4) is 5.75 Å². The topological polar surface area (TPSA) is 65.1 Å². The molecule has 0 aliphatic heterocycles. The molecular weight excluding hydrogens is 366 g/mol. The summed E-state index contributed by atoms with van der Waals surface area (Å²) in [4.78, 5) is 25.4. The lowest BCUT2D eigenvalue weighted by Gasteiger charge is -2.01. The lowest BCUT2D eigenvalue weighted by molar-refractivity contribution is -0.719. The van der Waals surface area contributed by atoms with Crippen LogP contribution >= 0.6 is 0 Å². The number of Topliss-reactive ketones (excluding diaryl/α,β-unsaturated/α-hetero) is 2. The summed E-state index contributed by atoms with van der Waals surface area (Å²) in [7, 11) is 1.59. The Hall–Kier alpha value is -3.80. The summed E-state index contributed by atoms with van der Waals surface area (Å²) in [6, 6.07) is 23.7. The third kappa shape index (κ3) is 3.91. The number of carbonyl (C=O) groups is 2. The number of fused-ring (bicyclic) bond motifs is 1. The molecule has 0 saturated carbocycles. The second-order valence-corrected chi connectivity index (χ2v) is 6.63. The van der Waals surface area contributed by atoms with Crippen LogP contribution in [0.5, 0.6) is 5.75 Å². The Morgan fingerprint density at radius 1 is 0.862 bits per heavy atom. The van der Waals surface area contributed by atoms with Gasteiger partial charge in [0.2, 0.25) is 11.6 Å². The third-order valence-corrected chi connectivity index (χ3v) is 4.75. The molecule has 1 heterocycles. The zero-order valence-corrected chi connectivity index (χ0v) is 16.0. The van der Waals surface area contributed by atoms with Crippen molar-refractivity contribution in [2.45, 2.75) is 13.1 Å². The van der Waals surface area contributed by atoms with Gasteiger partial charge in [-0.15, -0.1) is 9.36 Å². The highest BCUT2D eigenvalue weighted by atomic mass is 16.5. The van der Waals surface area contributed by atoms with E-state index in [0.29, 0.717) is 16.9 Å². The van der Waals surface area contributed by atoms with Crippen molar-refractivity contribution < 1.29 is 19.0 Å². The fourth-order valence-electron chi connectivity index (χ4n) is 3.22. The molecule has 4 rings (SSSR count). The molecule has 1 aromatic heterocycles. The number of benzene rings is 3. The van der Waals surface area contributed by atoms with E-state index in [-0.39, 0.29) is 24.7 Å². The van der Waals surface area contributed by atoms with E-state index in [9.17, 15) is 9.59 Å². The van der Waals surface area contributed by atoms with E-state index < -0.39 is 0 Å². The first-order valence-corrected chi connectivity index (χ1v) is 9.27. The molecule has 3 aromatic carbocycles. The van der Waals surface area contributed by atoms with Crippen LogP contribution in [-0.2, 0) is 13.1 Å². The highest BCUT2D eigenvalue weighted by Crippen LogP contribution is 2.13. The summed E-state index contributed by atoms with van der Waals surface area (Å²) in [5.74, 6) is 0.596. The molecule has 4 aromatic rings. The smallest absolute Gasteiger partial charge is 0.206 e. The normalized spacial score (nSPS) is 10.8. The molecule has 29 heavy (non-hydrogen) atoms. The molecule has 0 bridgehead atoms. The van der Waals surface area contributed by atoms with E-state index in [0.717, 1.165) is 11.0 Å². The molecule has 0 spiro atoms. The lowest BCUT2D eigenvalue weighted by atomic mass is 10.1. The monoisotopic (exact) mass is 386 g/mol. The van der Waals surface area contributed by atoms with Crippen molar-refractivity contribution in [3.63, 3.8) is 0 Å². The largest absolute Gasteiger partial charge is 0.497 e. The summed E-state index contributed by atoms with van der Waals surface area (Å²) >= 11 is 0. The summed E-state index contributed by atoms with van der Waals surface area (Å²) in [6.45, 7) is 0.188. The fourth-order valence-corrected chi connectivity index (χ4v) is 3.22. The first-order chi connectivity index (χ1) is 14.2. The number of carbonyl (C=O) groups excluding carboxylic acids is 2. The molecule has 144 valence electrons. The van der Waals surface area contributed by atoms with E-state index in [2.05, 4.69) is 5.21 Å². The molecule has 0 unspecified atom stereocenters. The minimum atomic E-state index is -0.0672. The minimum Gasteiger partial charge on any atom is -0.497 e. The van der Waals surface area contributed by atoms with E-state index in [1.165, 1.54) is 0 Å². The molecule has 0 aliphatic rings. The van der Waals surface area contributed by atoms with Gasteiger partial charge < -0.3 is 4.74 Å². The van der Waals surface area contributed by atoms with E-state index in [4.69, 9.17) is 4.74 Å². The Labute approximate surface area is 167 Å².